The fourth-order valence-electron chi connectivity index (χ4n) is 2.75. The number of aliphatic hydroxyl groups excluding tert-OH is 1. The molecule has 0 aromatic heterocycles. The van der Waals surface area contributed by atoms with Gasteiger partial charge in [0.15, 0.2) is 0 Å². The van der Waals surface area contributed by atoms with E-state index in [4.69, 9.17) is 10.5 Å². The molecule has 0 aliphatic carbocycles. The predicted molar refractivity (Wildman–Crippen MR) is 83.3 cm³/mol. The van der Waals surface area contributed by atoms with Gasteiger partial charge < -0.3 is 25.8 Å². The summed E-state index contributed by atoms with van der Waals surface area (Å²) < 4.78 is 4.82. The second kappa shape index (κ2) is 8.62. The number of nitrogens with zero attached hydrogens (tertiary/aromatic N) is 1. The predicted octanol–water partition coefficient (Wildman–Crippen LogP) is -1.47. The molecule has 0 aromatic rings. The number of esters is 1. The SMILES string of the molecule is CCOC(=O)C[C@@H](C)[C@@H](NC(=O)[C@@H]1C[C@@H](O)CN1C(C)=O)C(N)=O. The van der Waals surface area contributed by atoms with E-state index in [0.29, 0.717) is 0 Å². The standard InChI is InChI=1S/C15H25N3O6/c1-4-24-12(21)5-8(2)13(14(16)22)17-15(23)11-6-10(20)7-18(11)9(3)19/h8,10-11,13,20H,4-7H2,1-3H3,(H2,16,22)(H,17,23)/t8-,10-,11+,13-/m1/s1. The summed E-state index contributed by atoms with van der Waals surface area (Å²) >= 11 is 0. The topological polar surface area (TPSA) is 139 Å². The molecule has 136 valence electrons. The molecule has 4 atom stereocenters. The summed E-state index contributed by atoms with van der Waals surface area (Å²) in [5.41, 5.74) is 5.32. The van der Waals surface area contributed by atoms with Crippen molar-refractivity contribution in [2.75, 3.05) is 13.2 Å². The maximum atomic E-state index is 12.4. The van der Waals surface area contributed by atoms with Gasteiger partial charge in [0.2, 0.25) is 17.7 Å². The van der Waals surface area contributed by atoms with Crippen molar-refractivity contribution in [3.05, 3.63) is 0 Å². The molecule has 4 N–H and O–H groups in total. The van der Waals surface area contributed by atoms with E-state index in [0.717, 1.165) is 0 Å². The lowest BCUT2D eigenvalue weighted by Gasteiger charge is -2.26. The van der Waals surface area contributed by atoms with Crippen LogP contribution in [0.25, 0.3) is 0 Å². The van der Waals surface area contributed by atoms with Gasteiger partial charge in [-0.1, -0.05) is 6.92 Å². The first kappa shape index (κ1) is 19.9. The Morgan fingerprint density at radius 3 is 2.50 bits per heavy atom. The van der Waals surface area contributed by atoms with Crippen molar-refractivity contribution in [3.63, 3.8) is 0 Å². The quantitative estimate of drug-likeness (QED) is 0.482. The number of aliphatic hydroxyl groups is 1. The summed E-state index contributed by atoms with van der Waals surface area (Å²) in [7, 11) is 0. The fourth-order valence-corrected chi connectivity index (χ4v) is 2.75. The lowest BCUT2D eigenvalue weighted by atomic mass is 9.97. The lowest BCUT2D eigenvalue weighted by molar-refractivity contribution is -0.145. The van der Waals surface area contributed by atoms with Crippen molar-refractivity contribution in [2.24, 2.45) is 11.7 Å². The summed E-state index contributed by atoms with van der Waals surface area (Å²) in [6, 6.07) is -1.94. The maximum absolute atomic E-state index is 12.4. The van der Waals surface area contributed by atoms with Crippen molar-refractivity contribution in [3.8, 4) is 0 Å². The molecular formula is C15H25N3O6. The average Bonchev–Trinajstić information content (AvgIpc) is 2.86. The van der Waals surface area contributed by atoms with Crippen LogP contribution in [0.4, 0.5) is 0 Å². The maximum Gasteiger partial charge on any atom is 0.306 e. The molecule has 1 aliphatic heterocycles. The molecule has 0 unspecified atom stereocenters. The van der Waals surface area contributed by atoms with Crippen LogP contribution < -0.4 is 11.1 Å². The molecule has 1 aliphatic rings. The highest BCUT2D eigenvalue weighted by atomic mass is 16.5. The Kier molecular flexibility index (Phi) is 7.15. The molecular weight excluding hydrogens is 318 g/mol. The first-order chi connectivity index (χ1) is 11.2. The number of primary amides is 1. The second-order valence-corrected chi connectivity index (χ2v) is 5.95. The van der Waals surface area contributed by atoms with E-state index in [1.54, 1.807) is 13.8 Å². The number of amides is 3. The van der Waals surface area contributed by atoms with Crippen LogP contribution in [0.5, 0.6) is 0 Å². The van der Waals surface area contributed by atoms with Crippen molar-refractivity contribution >= 4 is 23.7 Å². The highest BCUT2D eigenvalue weighted by Gasteiger charge is 2.39. The summed E-state index contributed by atoms with van der Waals surface area (Å²) in [6.45, 7) is 4.84. The first-order valence-corrected chi connectivity index (χ1v) is 7.87. The van der Waals surface area contributed by atoms with Gasteiger partial charge in [-0.2, -0.15) is 0 Å². The minimum absolute atomic E-state index is 0.0625. The van der Waals surface area contributed by atoms with Crippen LogP contribution in [-0.2, 0) is 23.9 Å². The van der Waals surface area contributed by atoms with Crippen LogP contribution in [0.15, 0.2) is 0 Å². The average molecular weight is 343 g/mol. The molecule has 9 nitrogen and oxygen atoms in total. The molecule has 1 fully saturated rings. The summed E-state index contributed by atoms with van der Waals surface area (Å²) in [4.78, 5) is 48.4. The van der Waals surface area contributed by atoms with Gasteiger partial charge in [0.1, 0.15) is 12.1 Å². The normalized spacial score (nSPS) is 22.6. The van der Waals surface area contributed by atoms with E-state index in [9.17, 15) is 24.3 Å². The number of ether oxygens (including phenoxy) is 1. The van der Waals surface area contributed by atoms with Gasteiger partial charge in [-0.25, -0.2) is 0 Å². The van der Waals surface area contributed by atoms with Gasteiger partial charge in [0.05, 0.1) is 19.1 Å². The van der Waals surface area contributed by atoms with Crippen molar-refractivity contribution in [1.29, 1.82) is 0 Å². The Labute approximate surface area is 140 Å². The third-order valence-electron chi connectivity index (χ3n) is 3.95. The number of hydrogen-bond donors (Lipinski definition) is 3. The number of carbonyl (C=O) groups excluding carboxylic acids is 4. The molecule has 0 aromatic carbocycles. The molecule has 1 rings (SSSR count). The van der Waals surface area contributed by atoms with E-state index in [1.807, 2.05) is 0 Å². The van der Waals surface area contributed by atoms with Crippen LogP contribution in [0.2, 0.25) is 0 Å². The smallest absolute Gasteiger partial charge is 0.306 e. The number of nitrogens with two attached hydrogens (primary N) is 1. The summed E-state index contributed by atoms with van der Waals surface area (Å²) in [6.07, 6.45) is -0.789. The van der Waals surface area contributed by atoms with E-state index >= 15 is 0 Å². The van der Waals surface area contributed by atoms with E-state index in [-0.39, 0.29) is 31.9 Å². The van der Waals surface area contributed by atoms with Gasteiger partial charge in [-0.05, 0) is 12.8 Å². The minimum Gasteiger partial charge on any atom is -0.466 e. The lowest BCUT2D eigenvalue weighted by Crippen LogP contribution is -2.54. The van der Waals surface area contributed by atoms with Crippen molar-refractivity contribution < 1.29 is 29.0 Å². The van der Waals surface area contributed by atoms with Crippen LogP contribution in [0, 0.1) is 5.92 Å². The molecule has 1 heterocycles. The van der Waals surface area contributed by atoms with Crippen LogP contribution in [0.3, 0.4) is 0 Å². The zero-order valence-corrected chi connectivity index (χ0v) is 14.2. The molecule has 24 heavy (non-hydrogen) atoms. The highest BCUT2D eigenvalue weighted by molar-refractivity contribution is 5.92. The first-order valence-electron chi connectivity index (χ1n) is 7.87. The second-order valence-electron chi connectivity index (χ2n) is 5.95. The van der Waals surface area contributed by atoms with Gasteiger partial charge in [0.25, 0.3) is 0 Å². The fraction of sp³-hybridized carbons (Fsp3) is 0.733. The molecule has 9 heteroatoms. The van der Waals surface area contributed by atoms with E-state index in [2.05, 4.69) is 5.32 Å². The van der Waals surface area contributed by atoms with Gasteiger partial charge >= 0.3 is 5.97 Å². The largest absolute Gasteiger partial charge is 0.466 e. The Morgan fingerprint density at radius 1 is 1.38 bits per heavy atom. The number of carbonyl (C=O) groups is 4. The Hall–Kier alpha value is -2.16. The van der Waals surface area contributed by atoms with Gasteiger partial charge in [-0.3, -0.25) is 19.2 Å². The molecule has 0 radical (unpaired) electrons. The third-order valence-corrected chi connectivity index (χ3v) is 3.95. The van der Waals surface area contributed by atoms with Gasteiger partial charge in [-0.15, -0.1) is 0 Å². The van der Waals surface area contributed by atoms with Crippen LogP contribution in [0.1, 0.15) is 33.6 Å². The molecule has 0 spiro atoms. The molecule has 3 amide bonds. The highest BCUT2D eigenvalue weighted by Crippen LogP contribution is 2.19. The summed E-state index contributed by atoms with van der Waals surface area (Å²) in [5.74, 6) is -2.77. The Morgan fingerprint density at radius 2 is 2.00 bits per heavy atom. The van der Waals surface area contributed by atoms with Crippen LogP contribution >= 0.6 is 0 Å². The Bertz CT molecular complexity index is 509. The number of rotatable bonds is 7. The number of likely N-dealkylation sites (tertiary alicyclic amines) is 1. The van der Waals surface area contributed by atoms with E-state index in [1.165, 1.54) is 11.8 Å². The Balaban J connectivity index is 2.77. The zero-order valence-electron chi connectivity index (χ0n) is 14.2. The van der Waals surface area contributed by atoms with Crippen molar-refractivity contribution in [1.82, 2.24) is 10.2 Å². The summed E-state index contributed by atoms with van der Waals surface area (Å²) in [5, 5.41) is 12.2. The van der Waals surface area contributed by atoms with Gasteiger partial charge in [0, 0.05) is 19.9 Å². The third kappa shape index (κ3) is 5.19. The number of hydrogen-bond acceptors (Lipinski definition) is 6. The zero-order chi connectivity index (χ0) is 18.4. The van der Waals surface area contributed by atoms with E-state index < -0.39 is 41.9 Å². The monoisotopic (exact) mass is 343 g/mol. The minimum atomic E-state index is -1.08. The molecule has 1 saturated heterocycles. The van der Waals surface area contributed by atoms with Crippen LogP contribution in [-0.4, -0.2) is 65.0 Å². The molecule has 0 saturated carbocycles. The number of nitrogens with one attached hydrogen (secondary N) is 1. The number of β-amino-alcohol motifs (C(OH)–C–C–N with tert-alkyl or cyclic N) is 1. The van der Waals surface area contributed by atoms with Crippen molar-refractivity contribution in [2.45, 2.75) is 51.8 Å². The molecule has 0 bridgehead atoms.